The van der Waals surface area contributed by atoms with E-state index in [2.05, 4.69) is 29.6 Å². The number of hydrogen-bond acceptors (Lipinski definition) is 5. The van der Waals surface area contributed by atoms with Crippen molar-refractivity contribution in [1.82, 2.24) is 10.2 Å². The molecule has 1 atom stereocenters. The van der Waals surface area contributed by atoms with E-state index in [9.17, 15) is 19.5 Å². The summed E-state index contributed by atoms with van der Waals surface area (Å²) in [7, 11) is 0. The van der Waals surface area contributed by atoms with Crippen molar-refractivity contribution >= 4 is 18.0 Å². The van der Waals surface area contributed by atoms with E-state index in [0.717, 1.165) is 22.3 Å². The Morgan fingerprint density at radius 3 is 2.29 bits per heavy atom. The van der Waals surface area contributed by atoms with Gasteiger partial charge in [-0.1, -0.05) is 48.5 Å². The lowest BCUT2D eigenvalue weighted by molar-refractivity contribution is -0.149. The molecule has 0 aromatic heterocycles. The topological polar surface area (TPSA) is 105 Å². The Morgan fingerprint density at radius 1 is 1.03 bits per heavy atom. The molecule has 0 unspecified atom stereocenters. The molecule has 3 aliphatic rings. The van der Waals surface area contributed by atoms with Crippen LogP contribution in [-0.4, -0.2) is 66.4 Å². The first-order chi connectivity index (χ1) is 17.0. The molecule has 0 bridgehead atoms. The van der Waals surface area contributed by atoms with Crippen molar-refractivity contribution in [1.29, 1.82) is 0 Å². The van der Waals surface area contributed by atoms with Crippen LogP contribution in [0.3, 0.4) is 0 Å². The Kier molecular flexibility index (Phi) is 6.47. The zero-order chi connectivity index (χ0) is 24.4. The quantitative estimate of drug-likeness (QED) is 0.683. The first-order valence-corrected chi connectivity index (χ1v) is 12.2. The van der Waals surface area contributed by atoms with Crippen molar-refractivity contribution in [2.24, 2.45) is 5.92 Å². The lowest BCUT2D eigenvalue weighted by Gasteiger charge is -2.41. The lowest BCUT2D eigenvalue weighted by atomic mass is 9.87. The Labute approximate surface area is 204 Å². The summed E-state index contributed by atoms with van der Waals surface area (Å²) in [6.45, 7) is 1.48. The third-order valence-corrected chi connectivity index (χ3v) is 7.50. The minimum absolute atomic E-state index is 0.0760. The van der Waals surface area contributed by atoms with Crippen LogP contribution >= 0.6 is 0 Å². The summed E-state index contributed by atoms with van der Waals surface area (Å²) in [5, 5.41) is 12.3. The summed E-state index contributed by atoms with van der Waals surface area (Å²) in [5.41, 5.74) is 3.37. The van der Waals surface area contributed by atoms with Gasteiger partial charge in [-0.3, -0.25) is 9.59 Å². The highest BCUT2D eigenvalue weighted by Gasteiger charge is 2.46. The number of hydrogen-bond donors (Lipinski definition) is 2. The van der Waals surface area contributed by atoms with E-state index in [-0.39, 0.29) is 25.0 Å². The summed E-state index contributed by atoms with van der Waals surface area (Å²) < 4.78 is 11.2. The highest BCUT2D eigenvalue weighted by molar-refractivity contribution is 5.90. The number of rotatable bonds is 5. The normalized spacial score (nSPS) is 21.0. The Morgan fingerprint density at radius 2 is 1.66 bits per heavy atom. The van der Waals surface area contributed by atoms with Crippen molar-refractivity contribution in [2.45, 2.75) is 37.1 Å². The van der Waals surface area contributed by atoms with E-state index in [1.807, 2.05) is 24.3 Å². The number of carboxylic acid groups (broad SMARTS) is 1. The molecule has 35 heavy (non-hydrogen) atoms. The number of ether oxygens (including phenoxy) is 2. The maximum absolute atomic E-state index is 13.6. The first kappa shape index (κ1) is 23.4. The maximum Gasteiger partial charge on any atom is 0.408 e. The second kappa shape index (κ2) is 9.70. The fraction of sp³-hybridized carbons (Fsp3) is 0.444. The number of benzene rings is 2. The van der Waals surface area contributed by atoms with Gasteiger partial charge in [0.2, 0.25) is 5.91 Å². The number of fused-ring (bicyclic) bond motifs is 3. The molecule has 2 heterocycles. The largest absolute Gasteiger partial charge is 0.481 e. The summed E-state index contributed by atoms with van der Waals surface area (Å²) in [6.07, 6.45) is 1.18. The van der Waals surface area contributed by atoms with E-state index < -0.39 is 23.5 Å². The molecule has 2 aromatic carbocycles. The predicted octanol–water partition coefficient (Wildman–Crippen LogP) is 3.40. The summed E-state index contributed by atoms with van der Waals surface area (Å²) >= 11 is 0. The van der Waals surface area contributed by atoms with Gasteiger partial charge in [0, 0.05) is 45.1 Å². The van der Waals surface area contributed by atoms with Crippen LogP contribution in [0.15, 0.2) is 48.5 Å². The summed E-state index contributed by atoms with van der Waals surface area (Å²) in [4.78, 5) is 39.7. The average Bonchev–Trinajstić information content (AvgIpc) is 3.21. The number of carbonyl (C=O) groups excluding carboxylic acids is 2. The molecule has 2 saturated heterocycles. The molecule has 8 nitrogen and oxygen atoms in total. The van der Waals surface area contributed by atoms with Crippen LogP contribution < -0.4 is 5.32 Å². The van der Waals surface area contributed by atoms with Gasteiger partial charge < -0.3 is 24.8 Å². The second-order valence-electron chi connectivity index (χ2n) is 9.57. The fourth-order valence-electron chi connectivity index (χ4n) is 5.61. The number of carboxylic acids is 1. The number of nitrogens with one attached hydrogen (secondary N) is 1. The minimum Gasteiger partial charge on any atom is -0.481 e. The standard InChI is InChI=1S/C27H30N2O6/c30-24(31)18-6-5-13-29(16-18)25(32)27(11-14-34-15-12-27)28-26(33)35-17-23-21-9-3-1-7-19(21)20-8-2-4-10-22(20)23/h1-4,7-10,18,23H,5-6,11-17H2,(H,28,33)(H,30,31)/t18-/m0/s1. The average molecular weight is 479 g/mol. The number of aliphatic carboxylic acids is 1. The molecule has 5 rings (SSSR count). The zero-order valence-electron chi connectivity index (χ0n) is 19.6. The molecule has 2 fully saturated rings. The third-order valence-electron chi connectivity index (χ3n) is 7.50. The first-order valence-electron chi connectivity index (χ1n) is 12.2. The van der Waals surface area contributed by atoms with Gasteiger partial charge in [0.1, 0.15) is 12.1 Å². The molecule has 0 radical (unpaired) electrons. The van der Waals surface area contributed by atoms with Crippen molar-refractivity contribution in [3.63, 3.8) is 0 Å². The molecular weight excluding hydrogens is 448 g/mol. The number of piperidine rings is 1. The minimum atomic E-state index is -1.15. The summed E-state index contributed by atoms with van der Waals surface area (Å²) in [6, 6.07) is 16.2. The molecule has 184 valence electrons. The van der Waals surface area contributed by atoms with Crippen LogP contribution in [0.25, 0.3) is 11.1 Å². The van der Waals surface area contributed by atoms with Gasteiger partial charge in [0.25, 0.3) is 0 Å². The number of carbonyl (C=O) groups is 3. The molecule has 2 aliphatic heterocycles. The van der Waals surface area contributed by atoms with Crippen LogP contribution in [0.1, 0.15) is 42.7 Å². The van der Waals surface area contributed by atoms with E-state index in [1.165, 1.54) is 0 Å². The van der Waals surface area contributed by atoms with Gasteiger partial charge in [-0.05, 0) is 35.1 Å². The highest BCUT2D eigenvalue weighted by atomic mass is 16.5. The molecule has 2 aromatic rings. The van der Waals surface area contributed by atoms with Gasteiger partial charge >= 0.3 is 12.1 Å². The molecule has 0 saturated carbocycles. The molecule has 2 amide bonds. The van der Waals surface area contributed by atoms with Gasteiger partial charge in [-0.25, -0.2) is 4.79 Å². The Hall–Kier alpha value is -3.39. The van der Waals surface area contributed by atoms with Gasteiger partial charge in [-0.2, -0.15) is 0 Å². The van der Waals surface area contributed by atoms with E-state index >= 15 is 0 Å². The maximum atomic E-state index is 13.6. The number of amides is 2. The molecule has 2 N–H and O–H groups in total. The third kappa shape index (κ3) is 4.50. The van der Waals surface area contributed by atoms with Crippen LogP contribution in [-0.2, 0) is 19.1 Å². The molecule has 0 spiro atoms. The van der Waals surface area contributed by atoms with Crippen LogP contribution in [0.5, 0.6) is 0 Å². The van der Waals surface area contributed by atoms with Gasteiger partial charge in [0.15, 0.2) is 0 Å². The van der Waals surface area contributed by atoms with E-state index in [0.29, 0.717) is 45.4 Å². The van der Waals surface area contributed by atoms with Crippen molar-refractivity contribution < 1.29 is 29.0 Å². The van der Waals surface area contributed by atoms with Crippen molar-refractivity contribution in [3.8, 4) is 11.1 Å². The van der Waals surface area contributed by atoms with Crippen LogP contribution in [0, 0.1) is 5.92 Å². The molecule has 8 heteroatoms. The van der Waals surface area contributed by atoms with Gasteiger partial charge in [0.05, 0.1) is 5.92 Å². The predicted molar refractivity (Wildman–Crippen MR) is 128 cm³/mol. The molecular formula is C27H30N2O6. The zero-order valence-corrected chi connectivity index (χ0v) is 19.6. The van der Waals surface area contributed by atoms with Crippen LogP contribution in [0.2, 0.25) is 0 Å². The van der Waals surface area contributed by atoms with Crippen LogP contribution in [0.4, 0.5) is 4.79 Å². The second-order valence-corrected chi connectivity index (χ2v) is 9.57. The monoisotopic (exact) mass is 478 g/mol. The number of nitrogens with zero attached hydrogens (tertiary/aromatic N) is 1. The fourth-order valence-corrected chi connectivity index (χ4v) is 5.61. The van der Waals surface area contributed by atoms with Gasteiger partial charge in [-0.15, -0.1) is 0 Å². The SMILES string of the molecule is O=C(NC1(C(=O)N2CCC[C@H](C(=O)O)C2)CCOCC1)OCC1c2ccccc2-c2ccccc21. The number of likely N-dealkylation sites (tertiary alicyclic amines) is 1. The number of alkyl carbamates (subject to hydrolysis) is 1. The lowest BCUT2D eigenvalue weighted by Crippen LogP contribution is -2.63. The van der Waals surface area contributed by atoms with E-state index in [1.54, 1.807) is 4.90 Å². The Balaban J connectivity index is 1.29. The molecule has 1 aliphatic carbocycles. The Bertz CT molecular complexity index is 1080. The van der Waals surface area contributed by atoms with Crippen molar-refractivity contribution in [2.75, 3.05) is 32.9 Å². The smallest absolute Gasteiger partial charge is 0.408 e. The highest BCUT2D eigenvalue weighted by Crippen LogP contribution is 2.44. The van der Waals surface area contributed by atoms with Crippen molar-refractivity contribution in [3.05, 3.63) is 59.7 Å². The summed E-state index contributed by atoms with van der Waals surface area (Å²) in [5.74, 6) is -1.81. The van der Waals surface area contributed by atoms with E-state index in [4.69, 9.17) is 9.47 Å².